The predicted molar refractivity (Wildman–Crippen MR) is 93.3 cm³/mol. The van der Waals surface area contributed by atoms with E-state index in [1.54, 1.807) is 18.0 Å². The van der Waals surface area contributed by atoms with Crippen molar-refractivity contribution >= 4 is 12.0 Å². The van der Waals surface area contributed by atoms with E-state index in [0.717, 1.165) is 5.56 Å². The second kappa shape index (κ2) is 7.07. The lowest BCUT2D eigenvalue weighted by Crippen LogP contribution is -2.46. The Bertz CT molecular complexity index is 607. The second-order valence-corrected chi connectivity index (χ2v) is 7.14. The van der Waals surface area contributed by atoms with Gasteiger partial charge in [0, 0.05) is 26.1 Å². The van der Waals surface area contributed by atoms with E-state index in [4.69, 9.17) is 4.74 Å². The van der Waals surface area contributed by atoms with Crippen LogP contribution in [0, 0.1) is 5.92 Å². The summed E-state index contributed by atoms with van der Waals surface area (Å²) in [6.45, 7) is 10.3. The highest BCUT2D eigenvalue weighted by molar-refractivity contribution is 5.88. The van der Waals surface area contributed by atoms with Crippen LogP contribution in [-0.4, -0.2) is 47.0 Å². The van der Waals surface area contributed by atoms with Crippen LogP contribution in [0.4, 0.5) is 4.79 Å². The van der Waals surface area contributed by atoms with Gasteiger partial charge >= 0.3 is 6.09 Å². The van der Waals surface area contributed by atoms with Gasteiger partial charge in [-0.2, -0.15) is 0 Å². The molecule has 0 radical (unpaired) electrons. The number of likely N-dealkylation sites (N-methyl/N-ethyl adjacent to an activating group) is 1. The standard InChI is InChI=1S/C19H26N2O3/c1-6-15-13-21(12-14-10-8-7-9-11-14)17(22)16(15)20(5)18(23)24-19(2,3)4/h6-11,15-16H,1,12-13H2,2-5H3. The summed E-state index contributed by atoms with van der Waals surface area (Å²) in [5.41, 5.74) is 0.467. The first-order valence-electron chi connectivity index (χ1n) is 8.14. The smallest absolute Gasteiger partial charge is 0.410 e. The van der Waals surface area contributed by atoms with Gasteiger partial charge in [-0.3, -0.25) is 9.69 Å². The van der Waals surface area contributed by atoms with Gasteiger partial charge in [0.15, 0.2) is 0 Å². The largest absolute Gasteiger partial charge is 0.444 e. The molecule has 2 rings (SSSR count). The van der Waals surface area contributed by atoms with Gasteiger partial charge in [0.05, 0.1) is 0 Å². The summed E-state index contributed by atoms with van der Waals surface area (Å²) in [6, 6.07) is 9.25. The minimum atomic E-state index is -0.597. The molecular formula is C19H26N2O3. The zero-order valence-electron chi connectivity index (χ0n) is 14.9. The zero-order chi connectivity index (χ0) is 17.9. The van der Waals surface area contributed by atoms with Gasteiger partial charge < -0.3 is 9.64 Å². The minimum absolute atomic E-state index is 0.0721. The van der Waals surface area contributed by atoms with Crippen LogP contribution in [0.5, 0.6) is 0 Å². The first-order valence-corrected chi connectivity index (χ1v) is 8.14. The van der Waals surface area contributed by atoms with E-state index < -0.39 is 17.7 Å². The van der Waals surface area contributed by atoms with E-state index in [0.29, 0.717) is 13.1 Å². The number of ether oxygens (including phenoxy) is 1. The molecule has 0 aromatic heterocycles. The first-order chi connectivity index (χ1) is 11.2. The van der Waals surface area contributed by atoms with Crippen LogP contribution in [0.3, 0.4) is 0 Å². The number of nitrogens with zero attached hydrogens (tertiary/aromatic N) is 2. The Morgan fingerprint density at radius 1 is 1.38 bits per heavy atom. The van der Waals surface area contributed by atoms with Gasteiger partial charge in [0.1, 0.15) is 11.6 Å². The molecule has 2 unspecified atom stereocenters. The van der Waals surface area contributed by atoms with E-state index in [2.05, 4.69) is 6.58 Å². The highest BCUT2D eigenvalue weighted by atomic mass is 16.6. The van der Waals surface area contributed by atoms with Gasteiger partial charge in [0.25, 0.3) is 0 Å². The molecule has 1 heterocycles. The highest BCUT2D eigenvalue weighted by Crippen LogP contribution is 2.26. The lowest BCUT2D eigenvalue weighted by atomic mass is 10.0. The van der Waals surface area contributed by atoms with E-state index in [1.165, 1.54) is 4.90 Å². The van der Waals surface area contributed by atoms with Gasteiger partial charge in [-0.05, 0) is 26.3 Å². The van der Waals surface area contributed by atoms with Gasteiger partial charge in [-0.25, -0.2) is 4.79 Å². The summed E-state index contributed by atoms with van der Waals surface area (Å²) in [4.78, 5) is 28.3. The fourth-order valence-electron chi connectivity index (χ4n) is 2.86. The summed E-state index contributed by atoms with van der Waals surface area (Å²) in [5, 5.41) is 0. The average Bonchev–Trinajstić information content (AvgIpc) is 2.82. The van der Waals surface area contributed by atoms with Crippen molar-refractivity contribution in [2.75, 3.05) is 13.6 Å². The molecule has 0 saturated carbocycles. The highest BCUT2D eigenvalue weighted by Gasteiger charge is 2.43. The molecule has 0 bridgehead atoms. The van der Waals surface area contributed by atoms with Crippen LogP contribution in [0.25, 0.3) is 0 Å². The third kappa shape index (κ3) is 4.16. The number of hydrogen-bond donors (Lipinski definition) is 0. The van der Waals surface area contributed by atoms with E-state index in [1.807, 2.05) is 51.1 Å². The van der Waals surface area contributed by atoms with E-state index in [9.17, 15) is 9.59 Å². The molecule has 2 atom stereocenters. The maximum absolute atomic E-state index is 12.8. The van der Waals surface area contributed by atoms with Crippen molar-refractivity contribution in [1.29, 1.82) is 0 Å². The number of benzene rings is 1. The Morgan fingerprint density at radius 3 is 2.54 bits per heavy atom. The Labute approximate surface area is 143 Å². The number of likely N-dealkylation sites (tertiary alicyclic amines) is 1. The van der Waals surface area contributed by atoms with Crippen molar-refractivity contribution in [3.63, 3.8) is 0 Å². The van der Waals surface area contributed by atoms with Crippen molar-refractivity contribution in [2.24, 2.45) is 5.92 Å². The number of amides is 2. The lowest BCUT2D eigenvalue weighted by Gasteiger charge is -2.29. The number of rotatable bonds is 4. The number of carbonyl (C=O) groups is 2. The van der Waals surface area contributed by atoms with Crippen LogP contribution in [-0.2, 0) is 16.1 Å². The fraction of sp³-hybridized carbons (Fsp3) is 0.474. The summed E-state index contributed by atoms with van der Waals surface area (Å²) >= 11 is 0. The molecule has 130 valence electrons. The summed E-state index contributed by atoms with van der Waals surface area (Å²) in [6.07, 6.45) is 1.25. The third-order valence-corrected chi connectivity index (χ3v) is 4.02. The van der Waals surface area contributed by atoms with Crippen LogP contribution >= 0.6 is 0 Å². The first kappa shape index (κ1) is 18.0. The second-order valence-electron chi connectivity index (χ2n) is 7.14. The van der Waals surface area contributed by atoms with Crippen molar-refractivity contribution in [2.45, 2.75) is 39.0 Å². The maximum Gasteiger partial charge on any atom is 0.410 e. The molecule has 1 saturated heterocycles. The molecule has 1 aliphatic rings. The Kier molecular flexibility index (Phi) is 5.32. The molecule has 24 heavy (non-hydrogen) atoms. The van der Waals surface area contributed by atoms with Gasteiger partial charge in [-0.1, -0.05) is 36.4 Å². The molecule has 1 aromatic rings. The van der Waals surface area contributed by atoms with Gasteiger partial charge in [0.2, 0.25) is 5.91 Å². The molecule has 5 heteroatoms. The Hall–Kier alpha value is -2.30. The van der Waals surface area contributed by atoms with Crippen molar-refractivity contribution in [3.8, 4) is 0 Å². The number of hydrogen-bond acceptors (Lipinski definition) is 3. The van der Waals surface area contributed by atoms with E-state index in [-0.39, 0.29) is 11.8 Å². The van der Waals surface area contributed by atoms with Crippen LogP contribution < -0.4 is 0 Å². The fourth-order valence-corrected chi connectivity index (χ4v) is 2.86. The van der Waals surface area contributed by atoms with Crippen molar-refractivity contribution in [1.82, 2.24) is 9.80 Å². The molecule has 1 aromatic carbocycles. The van der Waals surface area contributed by atoms with E-state index >= 15 is 0 Å². The maximum atomic E-state index is 12.8. The number of carbonyl (C=O) groups excluding carboxylic acids is 2. The van der Waals surface area contributed by atoms with Crippen LogP contribution in [0.1, 0.15) is 26.3 Å². The topological polar surface area (TPSA) is 49.9 Å². The normalized spacial score (nSPS) is 20.8. The zero-order valence-corrected chi connectivity index (χ0v) is 14.9. The molecular weight excluding hydrogens is 304 g/mol. The minimum Gasteiger partial charge on any atom is -0.444 e. The Morgan fingerprint density at radius 2 is 2.00 bits per heavy atom. The SMILES string of the molecule is C=CC1CN(Cc2ccccc2)C(=O)C1N(C)C(=O)OC(C)(C)C. The monoisotopic (exact) mass is 330 g/mol. The molecule has 1 aliphatic heterocycles. The predicted octanol–water partition coefficient (Wildman–Crippen LogP) is 3.07. The molecule has 1 fully saturated rings. The quantitative estimate of drug-likeness (QED) is 0.797. The average molecular weight is 330 g/mol. The molecule has 0 spiro atoms. The lowest BCUT2D eigenvalue weighted by molar-refractivity contribution is -0.132. The third-order valence-electron chi connectivity index (χ3n) is 4.02. The van der Waals surface area contributed by atoms with Crippen LogP contribution in [0.2, 0.25) is 0 Å². The molecule has 0 N–H and O–H groups in total. The van der Waals surface area contributed by atoms with Gasteiger partial charge in [-0.15, -0.1) is 6.58 Å². The molecule has 0 aliphatic carbocycles. The Balaban J connectivity index is 2.13. The molecule has 2 amide bonds. The van der Waals surface area contributed by atoms with Crippen LogP contribution in [0.15, 0.2) is 43.0 Å². The summed E-state index contributed by atoms with van der Waals surface area (Å²) in [5.74, 6) is -0.184. The molecule has 5 nitrogen and oxygen atoms in total. The van der Waals surface area contributed by atoms with Crippen molar-refractivity contribution < 1.29 is 14.3 Å². The van der Waals surface area contributed by atoms with Crippen molar-refractivity contribution in [3.05, 3.63) is 48.6 Å². The summed E-state index contributed by atoms with van der Waals surface area (Å²) in [7, 11) is 1.61. The summed E-state index contributed by atoms with van der Waals surface area (Å²) < 4.78 is 5.39.